The third-order valence-electron chi connectivity index (χ3n) is 1.97. The zero-order valence-electron chi connectivity index (χ0n) is 8.42. The molecule has 84 valence electrons. The Labute approximate surface area is 110 Å². The largest absolute Gasteiger partial charge is 0.389 e. The van der Waals surface area contributed by atoms with E-state index in [0.29, 0.717) is 0 Å². The molecule has 0 aliphatic rings. The number of nitrogens with zero attached hydrogens (tertiary/aromatic N) is 2. The molecule has 16 heavy (non-hydrogen) atoms. The maximum atomic E-state index is 9.50. The molecule has 2 aromatic rings. The van der Waals surface area contributed by atoms with E-state index in [4.69, 9.17) is 0 Å². The van der Waals surface area contributed by atoms with Gasteiger partial charge in [0, 0.05) is 9.37 Å². The van der Waals surface area contributed by atoms with Gasteiger partial charge < -0.3 is 5.11 Å². The first-order chi connectivity index (χ1) is 7.66. The molecule has 2 rings (SSSR count). The van der Waals surface area contributed by atoms with Gasteiger partial charge in [-0.05, 0) is 36.2 Å². The lowest BCUT2D eigenvalue weighted by Crippen LogP contribution is -1.92. The summed E-state index contributed by atoms with van der Waals surface area (Å²) in [6.07, 6.45) is 1.08. The van der Waals surface area contributed by atoms with Gasteiger partial charge in [-0.3, -0.25) is 0 Å². The van der Waals surface area contributed by atoms with E-state index in [1.165, 1.54) is 11.5 Å². The lowest BCUT2D eigenvalue weighted by atomic mass is 10.1. The quantitative estimate of drug-likeness (QED) is 0.941. The fourth-order valence-electron chi connectivity index (χ4n) is 1.22. The molecule has 3 nitrogen and oxygen atoms in total. The summed E-state index contributed by atoms with van der Waals surface area (Å²) in [4.78, 5) is 5.18. The van der Waals surface area contributed by atoms with Crippen molar-refractivity contribution >= 4 is 39.2 Å². The normalized spacial score (nSPS) is 12.7. The van der Waals surface area contributed by atoms with Gasteiger partial charge in [0.05, 0.1) is 6.10 Å². The van der Waals surface area contributed by atoms with Gasteiger partial charge in [-0.15, -0.1) is 0 Å². The molecule has 0 saturated heterocycles. The minimum Gasteiger partial charge on any atom is -0.389 e. The summed E-state index contributed by atoms with van der Waals surface area (Å²) in [6, 6.07) is 5.87. The zero-order valence-corrected chi connectivity index (χ0v) is 11.6. The van der Waals surface area contributed by atoms with Crippen molar-refractivity contribution in [3.63, 3.8) is 0 Å². The van der Waals surface area contributed by atoms with Gasteiger partial charge in [0.2, 0.25) is 0 Å². The van der Waals surface area contributed by atoms with Crippen LogP contribution in [-0.2, 0) is 0 Å². The molecule has 1 N–H and O–H groups in total. The smallest absolute Gasteiger partial charge is 0.174 e. The van der Waals surface area contributed by atoms with Gasteiger partial charge >= 0.3 is 0 Å². The molecule has 0 fully saturated rings. The van der Waals surface area contributed by atoms with Crippen molar-refractivity contribution in [2.45, 2.75) is 22.3 Å². The van der Waals surface area contributed by atoms with Gasteiger partial charge in [0.15, 0.2) is 4.34 Å². The Morgan fingerprint density at radius 2 is 2.31 bits per heavy atom. The zero-order chi connectivity index (χ0) is 11.5. The maximum Gasteiger partial charge on any atom is 0.174 e. The molecular formula is C10H9BrN2OS2. The minimum absolute atomic E-state index is 0.463. The Balaban J connectivity index is 2.21. The molecule has 0 radical (unpaired) electrons. The Bertz CT molecular complexity index is 474. The van der Waals surface area contributed by atoms with Crippen LogP contribution in [0.4, 0.5) is 0 Å². The van der Waals surface area contributed by atoms with Crippen LogP contribution in [0.25, 0.3) is 0 Å². The average molecular weight is 317 g/mol. The fourth-order valence-corrected chi connectivity index (χ4v) is 3.54. The molecule has 0 amide bonds. The molecule has 6 heteroatoms. The van der Waals surface area contributed by atoms with E-state index in [1.807, 2.05) is 18.2 Å². The predicted molar refractivity (Wildman–Crippen MR) is 68.8 cm³/mol. The number of hydrogen-bond donors (Lipinski definition) is 1. The lowest BCUT2D eigenvalue weighted by Gasteiger charge is -2.08. The number of hydrogen-bond acceptors (Lipinski definition) is 5. The van der Waals surface area contributed by atoms with Crippen LogP contribution < -0.4 is 0 Å². The molecule has 0 bridgehead atoms. The highest BCUT2D eigenvalue weighted by molar-refractivity contribution is 9.10. The highest BCUT2D eigenvalue weighted by atomic mass is 79.9. The van der Waals surface area contributed by atoms with Gasteiger partial charge in [0.1, 0.15) is 6.33 Å². The molecule has 1 heterocycles. The van der Waals surface area contributed by atoms with Gasteiger partial charge in [-0.1, -0.05) is 33.8 Å². The molecule has 0 aliphatic heterocycles. The Hall–Kier alpha value is -0.430. The molecule has 1 unspecified atom stereocenters. The topological polar surface area (TPSA) is 46.0 Å². The van der Waals surface area contributed by atoms with Crippen LogP contribution in [0.15, 0.2) is 38.2 Å². The number of aliphatic hydroxyl groups excluding tert-OH is 1. The van der Waals surface area contributed by atoms with Gasteiger partial charge in [0.25, 0.3) is 0 Å². The molecule has 1 aromatic carbocycles. The van der Waals surface area contributed by atoms with Crippen LogP contribution in [0.3, 0.4) is 0 Å². The molecule has 0 saturated carbocycles. The summed E-state index contributed by atoms with van der Waals surface area (Å²) >= 11 is 6.38. The second-order valence-electron chi connectivity index (χ2n) is 3.17. The van der Waals surface area contributed by atoms with E-state index >= 15 is 0 Å². The Morgan fingerprint density at radius 1 is 1.50 bits per heavy atom. The third kappa shape index (κ3) is 2.82. The first-order valence-electron chi connectivity index (χ1n) is 4.59. The second kappa shape index (κ2) is 5.27. The van der Waals surface area contributed by atoms with Crippen molar-refractivity contribution in [3.8, 4) is 0 Å². The summed E-state index contributed by atoms with van der Waals surface area (Å²) in [5.74, 6) is 0. The van der Waals surface area contributed by atoms with Crippen molar-refractivity contribution in [2.24, 2.45) is 0 Å². The summed E-state index contributed by atoms with van der Waals surface area (Å²) in [6.45, 7) is 1.75. The lowest BCUT2D eigenvalue weighted by molar-refractivity contribution is 0.198. The van der Waals surface area contributed by atoms with Crippen LogP contribution >= 0.6 is 39.2 Å². The van der Waals surface area contributed by atoms with Crippen molar-refractivity contribution in [1.29, 1.82) is 0 Å². The fraction of sp³-hybridized carbons (Fsp3) is 0.200. The molecule has 0 aliphatic carbocycles. The number of rotatable bonds is 3. The van der Waals surface area contributed by atoms with E-state index in [9.17, 15) is 5.11 Å². The first-order valence-corrected chi connectivity index (χ1v) is 6.97. The Morgan fingerprint density at radius 3 is 2.88 bits per heavy atom. The SMILES string of the molecule is CC(O)c1ccc(Sc2ncns2)cc1Br. The summed E-state index contributed by atoms with van der Waals surface area (Å²) in [5.41, 5.74) is 0.890. The van der Waals surface area contributed by atoms with Gasteiger partial charge in [-0.2, -0.15) is 4.37 Å². The highest BCUT2D eigenvalue weighted by Crippen LogP contribution is 2.32. The molecular weight excluding hydrogens is 308 g/mol. The molecule has 0 spiro atoms. The Kier molecular flexibility index (Phi) is 3.96. The van der Waals surface area contributed by atoms with E-state index in [-0.39, 0.29) is 0 Å². The molecule has 1 aromatic heterocycles. The van der Waals surface area contributed by atoms with E-state index in [2.05, 4.69) is 25.3 Å². The van der Waals surface area contributed by atoms with Crippen molar-refractivity contribution in [1.82, 2.24) is 9.36 Å². The number of aromatic nitrogens is 2. The summed E-state index contributed by atoms with van der Waals surface area (Å²) in [7, 11) is 0. The van der Waals surface area contributed by atoms with Crippen LogP contribution in [0.2, 0.25) is 0 Å². The van der Waals surface area contributed by atoms with Crippen LogP contribution in [-0.4, -0.2) is 14.5 Å². The number of halogens is 1. The number of aliphatic hydroxyl groups is 1. The summed E-state index contributed by atoms with van der Waals surface area (Å²) in [5, 5.41) is 9.50. The van der Waals surface area contributed by atoms with Crippen LogP contribution in [0, 0.1) is 0 Å². The van der Waals surface area contributed by atoms with Crippen molar-refractivity contribution in [2.75, 3.05) is 0 Å². The first kappa shape index (κ1) is 12.0. The van der Waals surface area contributed by atoms with Crippen molar-refractivity contribution < 1.29 is 5.11 Å². The third-order valence-corrected chi connectivity index (χ3v) is 4.36. The average Bonchev–Trinajstić information content (AvgIpc) is 2.70. The maximum absolute atomic E-state index is 9.50. The standard InChI is InChI=1S/C10H9BrN2OS2/c1-6(14)8-3-2-7(4-9(8)11)15-10-12-5-13-16-10/h2-6,14H,1H3. The number of benzene rings is 1. The summed E-state index contributed by atoms with van der Waals surface area (Å²) < 4.78 is 5.77. The second-order valence-corrected chi connectivity index (χ2v) is 6.12. The van der Waals surface area contributed by atoms with Gasteiger partial charge in [-0.25, -0.2) is 4.98 Å². The van der Waals surface area contributed by atoms with Crippen LogP contribution in [0.5, 0.6) is 0 Å². The van der Waals surface area contributed by atoms with Crippen LogP contribution in [0.1, 0.15) is 18.6 Å². The van der Waals surface area contributed by atoms with E-state index < -0.39 is 6.10 Å². The monoisotopic (exact) mass is 316 g/mol. The van der Waals surface area contributed by atoms with E-state index in [1.54, 1.807) is 25.0 Å². The highest BCUT2D eigenvalue weighted by Gasteiger charge is 2.08. The minimum atomic E-state index is -0.463. The van der Waals surface area contributed by atoms with E-state index in [0.717, 1.165) is 19.3 Å². The predicted octanol–water partition coefficient (Wildman–Crippen LogP) is 3.51. The molecule has 1 atom stereocenters. The van der Waals surface area contributed by atoms with Crippen molar-refractivity contribution in [3.05, 3.63) is 34.6 Å².